The Morgan fingerprint density at radius 2 is 1.83 bits per heavy atom. The maximum atomic E-state index is 12.2. The number of nitrogens with two attached hydrogens (primary N) is 1. The van der Waals surface area contributed by atoms with Gasteiger partial charge in [0.15, 0.2) is 0 Å². The summed E-state index contributed by atoms with van der Waals surface area (Å²) in [7, 11) is 0. The molecule has 1 aliphatic carbocycles. The lowest BCUT2D eigenvalue weighted by Crippen LogP contribution is -2.27. The highest BCUT2D eigenvalue weighted by Gasteiger charge is 2.27. The van der Waals surface area contributed by atoms with Crippen LogP contribution < -0.4 is 11.1 Å². The summed E-state index contributed by atoms with van der Waals surface area (Å²) in [6, 6.07) is 7.99. The second-order valence-corrected chi connectivity index (χ2v) is 7.04. The van der Waals surface area contributed by atoms with Crippen molar-refractivity contribution in [2.75, 3.05) is 18.4 Å². The van der Waals surface area contributed by atoms with Crippen LogP contribution in [-0.2, 0) is 16.0 Å². The highest BCUT2D eigenvalue weighted by Crippen LogP contribution is 2.25. The number of amides is 2. The van der Waals surface area contributed by atoms with Gasteiger partial charge in [-0.1, -0.05) is 12.1 Å². The second-order valence-electron chi connectivity index (χ2n) is 7.04. The van der Waals surface area contributed by atoms with Crippen LogP contribution in [0.5, 0.6) is 0 Å². The molecule has 1 aliphatic heterocycles. The number of aryl methyl sites for hydroxylation is 1. The Morgan fingerprint density at radius 1 is 1.12 bits per heavy atom. The third-order valence-corrected chi connectivity index (χ3v) is 5.15. The summed E-state index contributed by atoms with van der Waals surface area (Å²) in [5, 5.41) is 2.97. The fraction of sp³-hybridized carbons (Fsp3) is 0.579. The molecule has 1 saturated heterocycles. The lowest BCUT2D eigenvalue weighted by atomic mass is 10.1. The van der Waals surface area contributed by atoms with E-state index in [-0.39, 0.29) is 23.8 Å². The molecule has 130 valence electrons. The van der Waals surface area contributed by atoms with Gasteiger partial charge in [0.25, 0.3) is 0 Å². The minimum Gasteiger partial charge on any atom is -0.343 e. The van der Waals surface area contributed by atoms with Gasteiger partial charge < -0.3 is 16.0 Å². The van der Waals surface area contributed by atoms with Crippen LogP contribution in [0.2, 0.25) is 0 Å². The van der Waals surface area contributed by atoms with Crippen LogP contribution in [-0.4, -0.2) is 35.8 Å². The Kier molecular flexibility index (Phi) is 5.51. The van der Waals surface area contributed by atoms with E-state index >= 15 is 0 Å². The number of hydrogen-bond acceptors (Lipinski definition) is 3. The van der Waals surface area contributed by atoms with Crippen LogP contribution in [0, 0.1) is 5.92 Å². The monoisotopic (exact) mass is 329 g/mol. The number of likely N-dealkylation sites (tertiary alicyclic amines) is 1. The molecule has 0 radical (unpaired) electrons. The molecule has 24 heavy (non-hydrogen) atoms. The van der Waals surface area contributed by atoms with E-state index in [2.05, 4.69) is 5.32 Å². The van der Waals surface area contributed by atoms with E-state index in [4.69, 9.17) is 5.73 Å². The van der Waals surface area contributed by atoms with Crippen molar-refractivity contribution in [3.05, 3.63) is 29.8 Å². The SMILES string of the molecule is NC1CCC(C(=O)Nc2ccc(CCC(=O)N3CCCC3)cc2)C1. The highest BCUT2D eigenvalue weighted by atomic mass is 16.2. The Labute approximate surface area is 143 Å². The van der Waals surface area contributed by atoms with Gasteiger partial charge in [-0.05, 0) is 56.2 Å². The van der Waals surface area contributed by atoms with Gasteiger partial charge >= 0.3 is 0 Å². The molecule has 2 aliphatic rings. The summed E-state index contributed by atoms with van der Waals surface area (Å²) in [6.45, 7) is 1.82. The van der Waals surface area contributed by atoms with Crippen molar-refractivity contribution in [3.63, 3.8) is 0 Å². The third-order valence-electron chi connectivity index (χ3n) is 5.15. The molecule has 1 aromatic rings. The Morgan fingerprint density at radius 3 is 2.46 bits per heavy atom. The smallest absolute Gasteiger partial charge is 0.227 e. The van der Waals surface area contributed by atoms with Gasteiger partial charge in [0.2, 0.25) is 11.8 Å². The maximum Gasteiger partial charge on any atom is 0.227 e. The zero-order valence-corrected chi connectivity index (χ0v) is 14.2. The highest BCUT2D eigenvalue weighted by molar-refractivity contribution is 5.92. The molecular formula is C19H27N3O2. The molecule has 2 atom stereocenters. The minimum atomic E-state index is 0.0396. The molecule has 3 rings (SSSR count). The second kappa shape index (κ2) is 7.79. The van der Waals surface area contributed by atoms with Gasteiger partial charge in [-0.15, -0.1) is 0 Å². The van der Waals surface area contributed by atoms with E-state index in [0.717, 1.165) is 62.9 Å². The van der Waals surface area contributed by atoms with Gasteiger partial charge in [-0.3, -0.25) is 9.59 Å². The molecule has 1 aromatic carbocycles. The minimum absolute atomic E-state index is 0.0396. The van der Waals surface area contributed by atoms with Gasteiger partial charge in [0.1, 0.15) is 0 Å². The predicted octanol–water partition coefficient (Wildman–Crippen LogP) is 2.31. The summed E-state index contributed by atoms with van der Waals surface area (Å²) in [5.74, 6) is 0.361. The van der Waals surface area contributed by atoms with Crippen molar-refractivity contribution in [3.8, 4) is 0 Å². The summed E-state index contributed by atoms with van der Waals surface area (Å²) in [6.07, 6.45) is 6.17. The molecule has 0 spiro atoms. The van der Waals surface area contributed by atoms with Crippen LogP contribution in [0.3, 0.4) is 0 Å². The van der Waals surface area contributed by atoms with Crippen LogP contribution in [0.1, 0.15) is 44.1 Å². The lowest BCUT2D eigenvalue weighted by Gasteiger charge is -2.15. The number of anilines is 1. The third kappa shape index (κ3) is 4.35. The molecular weight excluding hydrogens is 302 g/mol. The molecule has 1 saturated carbocycles. The molecule has 2 fully saturated rings. The van der Waals surface area contributed by atoms with E-state index in [1.165, 1.54) is 0 Å². The standard InChI is InChI=1S/C19H27N3O2/c20-16-7-6-15(13-16)19(24)21-17-8-3-14(4-9-17)5-10-18(23)22-11-1-2-12-22/h3-4,8-9,15-16H,1-2,5-7,10-13,20H2,(H,21,24). The number of hydrogen-bond donors (Lipinski definition) is 2. The number of carbonyl (C=O) groups is 2. The van der Waals surface area contributed by atoms with Crippen LogP contribution in [0.25, 0.3) is 0 Å². The first-order chi connectivity index (χ1) is 11.6. The average Bonchev–Trinajstić information content (AvgIpc) is 3.25. The van der Waals surface area contributed by atoms with Gasteiger partial charge in [0, 0.05) is 37.2 Å². The van der Waals surface area contributed by atoms with Crippen molar-refractivity contribution in [2.24, 2.45) is 11.7 Å². The number of rotatable bonds is 5. The first kappa shape index (κ1) is 17.0. The van der Waals surface area contributed by atoms with E-state index in [1.54, 1.807) is 0 Å². The average molecular weight is 329 g/mol. The van der Waals surface area contributed by atoms with E-state index in [1.807, 2.05) is 29.2 Å². The number of carbonyl (C=O) groups excluding carboxylic acids is 2. The van der Waals surface area contributed by atoms with Gasteiger partial charge in [-0.25, -0.2) is 0 Å². The van der Waals surface area contributed by atoms with Crippen LogP contribution >= 0.6 is 0 Å². The van der Waals surface area contributed by atoms with Crippen molar-refractivity contribution < 1.29 is 9.59 Å². The summed E-state index contributed by atoms with van der Waals surface area (Å²) < 4.78 is 0. The number of benzene rings is 1. The van der Waals surface area contributed by atoms with Crippen LogP contribution in [0.15, 0.2) is 24.3 Å². The molecule has 2 unspecified atom stereocenters. The van der Waals surface area contributed by atoms with Crippen LogP contribution in [0.4, 0.5) is 5.69 Å². The Balaban J connectivity index is 1.46. The van der Waals surface area contributed by atoms with Crippen molar-refractivity contribution in [1.29, 1.82) is 0 Å². The quantitative estimate of drug-likeness (QED) is 0.870. The normalized spacial score (nSPS) is 23.5. The summed E-state index contributed by atoms with van der Waals surface area (Å²) in [4.78, 5) is 26.2. The molecule has 3 N–H and O–H groups in total. The lowest BCUT2D eigenvalue weighted by molar-refractivity contribution is -0.130. The molecule has 5 nitrogen and oxygen atoms in total. The van der Waals surface area contributed by atoms with Crippen molar-refractivity contribution in [2.45, 2.75) is 51.0 Å². The van der Waals surface area contributed by atoms with E-state index < -0.39 is 0 Å². The van der Waals surface area contributed by atoms with E-state index in [9.17, 15) is 9.59 Å². The zero-order valence-electron chi connectivity index (χ0n) is 14.2. The predicted molar refractivity (Wildman–Crippen MR) is 94.5 cm³/mol. The summed E-state index contributed by atoms with van der Waals surface area (Å²) >= 11 is 0. The first-order valence-corrected chi connectivity index (χ1v) is 9.05. The molecule has 1 heterocycles. The zero-order chi connectivity index (χ0) is 16.9. The fourth-order valence-corrected chi connectivity index (χ4v) is 3.63. The fourth-order valence-electron chi connectivity index (χ4n) is 3.63. The number of nitrogens with zero attached hydrogens (tertiary/aromatic N) is 1. The number of nitrogens with one attached hydrogen (secondary N) is 1. The molecule has 2 amide bonds. The van der Waals surface area contributed by atoms with Gasteiger partial charge in [-0.2, -0.15) is 0 Å². The maximum absolute atomic E-state index is 12.2. The van der Waals surface area contributed by atoms with Gasteiger partial charge in [0.05, 0.1) is 0 Å². The topological polar surface area (TPSA) is 75.4 Å². The first-order valence-electron chi connectivity index (χ1n) is 9.05. The Hall–Kier alpha value is -1.88. The van der Waals surface area contributed by atoms with Crippen molar-refractivity contribution in [1.82, 2.24) is 4.90 Å². The van der Waals surface area contributed by atoms with E-state index in [0.29, 0.717) is 6.42 Å². The molecule has 5 heteroatoms. The van der Waals surface area contributed by atoms with Crippen molar-refractivity contribution >= 4 is 17.5 Å². The Bertz CT molecular complexity index is 579. The molecule has 0 aromatic heterocycles. The molecule has 0 bridgehead atoms. The largest absolute Gasteiger partial charge is 0.343 e. The summed E-state index contributed by atoms with van der Waals surface area (Å²) in [5.41, 5.74) is 7.81.